The number of carbonyl (C=O) groups is 1. The lowest BCUT2D eigenvalue weighted by Gasteiger charge is -2.38. The average molecular weight is 387 g/mol. The van der Waals surface area contributed by atoms with Gasteiger partial charge in [-0.15, -0.1) is 0 Å². The fourth-order valence-corrected chi connectivity index (χ4v) is 3.99. The second kappa shape index (κ2) is 9.07. The number of nitrogens with zero attached hydrogens (tertiary/aromatic N) is 1. The summed E-state index contributed by atoms with van der Waals surface area (Å²) >= 11 is 0. The number of aliphatic hydroxyl groups is 1. The molecule has 1 saturated heterocycles. The van der Waals surface area contributed by atoms with Crippen molar-refractivity contribution < 1.29 is 24.1 Å². The van der Waals surface area contributed by atoms with Crippen molar-refractivity contribution >= 4 is 5.91 Å². The molecule has 4 rings (SSSR count). The van der Waals surface area contributed by atoms with Gasteiger partial charge in [-0.2, -0.15) is 0 Å². The molecule has 28 heavy (non-hydrogen) atoms. The minimum absolute atomic E-state index is 0.0355. The van der Waals surface area contributed by atoms with E-state index in [9.17, 15) is 4.79 Å². The fourth-order valence-electron chi connectivity index (χ4n) is 3.99. The summed E-state index contributed by atoms with van der Waals surface area (Å²) in [7, 11) is 0. The monoisotopic (exact) mass is 387 g/mol. The van der Waals surface area contributed by atoms with Crippen LogP contribution in [0.15, 0.2) is 36.1 Å². The Bertz CT molecular complexity index is 691. The standard InChI is InChI=1S/C22H29NO5/c24-14-16-4-6-17(7-5-16)15-27-21-13-19(18-2-1-3-18)12-20(28-21)22(25)23-8-10-26-11-9-23/h4-7,12,18-19,21,24H,1-3,8-11,13-15H2/t19-,21+/m1/s1. The van der Waals surface area contributed by atoms with Crippen LogP contribution in [0.3, 0.4) is 0 Å². The Labute approximate surface area is 166 Å². The normalized spacial score (nSPS) is 25.6. The van der Waals surface area contributed by atoms with E-state index in [4.69, 9.17) is 19.3 Å². The molecule has 0 aromatic heterocycles. The number of hydrogen-bond donors (Lipinski definition) is 1. The van der Waals surface area contributed by atoms with Gasteiger partial charge in [-0.05, 0) is 41.9 Å². The molecule has 152 valence electrons. The number of hydrogen-bond acceptors (Lipinski definition) is 5. The van der Waals surface area contributed by atoms with Crippen LogP contribution in [0, 0.1) is 11.8 Å². The molecule has 0 unspecified atom stereocenters. The van der Waals surface area contributed by atoms with Crippen molar-refractivity contribution in [3.63, 3.8) is 0 Å². The molecule has 1 aromatic rings. The van der Waals surface area contributed by atoms with Crippen molar-refractivity contribution in [3.8, 4) is 0 Å². The molecule has 6 heteroatoms. The summed E-state index contributed by atoms with van der Waals surface area (Å²) in [6.45, 7) is 2.83. The van der Waals surface area contributed by atoms with E-state index in [1.54, 1.807) is 0 Å². The number of morpholine rings is 1. The van der Waals surface area contributed by atoms with Crippen LogP contribution >= 0.6 is 0 Å². The molecule has 1 saturated carbocycles. The predicted octanol–water partition coefficient (Wildman–Crippen LogP) is 2.60. The summed E-state index contributed by atoms with van der Waals surface area (Å²) < 4.78 is 17.4. The number of aliphatic hydroxyl groups excluding tert-OH is 1. The molecule has 1 aliphatic carbocycles. The van der Waals surface area contributed by atoms with Gasteiger partial charge in [-0.1, -0.05) is 30.7 Å². The second-order valence-corrected chi connectivity index (χ2v) is 7.86. The van der Waals surface area contributed by atoms with Crippen LogP contribution in [0.2, 0.25) is 0 Å². The first kappa shape index (κ1) is 19.4. The molecular weight excluding hydrogens is 358 g/mol. The van der Waals surface area contributed by atoms with Gasteiger partial charge in [0.2, 0.25) is 6.29 Å². The van der Waals surface area contributed by atoms with Crippen LogP contribution < -0.4 is 0 Å². The summed E-state index contributed by atoms with van der Waals surface area (Å²) in [5.41, 5.74) is 1.90. The van der Waals surface area contributed by atoms with E-state index in [2.05, 4.69) is 0 Å². The third kappa shape index (κ3) is 4.57. The zero-order valence-corrected chi connectivity index (χ0v) is 16.2. The highest BCUT2D eigenvalue weighted by molar-refractivity contribution is 5.91. The van der Waals surface area contributed by atoms with Crippen LogP contribution in [0.4, 0.5) is 0 Å². The SMILES string of the molecule is O=C(C1=C[C@@H](C2CCC2)C[C@@H](OCc2ccc(CO)cc2)O1)N1CCOCC1. The summed E-state index contributed by atoms with van der Waals surface area (Å²) in [5, 5.41) is 9.16. The Morgan fingerprint density at radius 3 is 2.50 bits per heavy atom. The van der Waals surface area contributed by atoms with E-state index < -0.39 is 6.29 Å². The number of rotatable bonds is 6. The Kier molecular flexibility index (Phi) is 6.29. The molecule has 2 fully saturated rings. The maximum Gasteiger partial charge on any atom is 0.288 e. The van der Waals surface area contributed by atoms with E-state index in [0.717, 1.165) is 17.5 Å². The molecule has 2 heterocycles. The van der Waals surface area contributed by atoms with Crippen LogP contribution in [-0.2, 0) is 32.2 Å². The number of ether oxygens (including phenoxy) is 3. The third-order valence-electron chi connectivity index (χ3n) is 5.99. The van der Waals surface area contributed by atoms with Crippen molar-refractivity contribution in [2.45, 2.75) is 45.2 Å². The van der Waals surface area contributed by atoms with Gasteiger partial charge in [0.1, 0.15) is 0 Å². The summed E-state index contributed by atoms with van der Waals surface area (Å²) in [4.78, 5) is 14.7. The lowest BCUT2D eigenvalue weighted by molar-refractivity contribution is -0.163. The largest absolute Gasteiger partial charge is 0.459 e. The highest BCUT2D eigenvalue weighted by Gasteiger charge is 2.36. The average Bonchev–Trinajstić information content (AvgIpc) is 2.71. The van der Waals surface area contributed by atoms with Gasteiger partial charge in [0.25, 0.3) is 5.91 Å². The zero-order chi connectivity index (χ0) is 19.3. The quantitative estimate of drug-likeness (QED) is 0.813. The third-order valence-corrected chi connectivity index (χ3v) is 5.99. The first-order chi connectivity index (χ1) is 13.7. The molecule has 0 spiro atoms. The lowest BCUT2D eigenvalue weighted by Crippen LogP contribution is -2.43. The van der Waals surface area contributed by atoms with Gasteiger partial charge >= 0.3 is 0 Å². The van der Waals surface area contributed by atoms with Gasteiger partial charge in [-0.3, -0.25) is 4.79 Å². The molecule has 1 amide bonds. The van der Waals surface area contributed by atoms with Gasteiger partial charge in [0.05, 0.1) is 26.4 Å². The molecule has 2 atom stereocenters. The zero-order valence-electron chi connectivity index (χ0n) is 16.2. The van der Waals surface area contributed by atoms with E-state index in [0.29, 0.717) is 50.5 Å². The smallest absolute Gasteiger partial charge is 0.288 e. The second-order valence-electron chi connectivity index (χ2n) is 7.86. The number of carbonyl (C=O) groups excluding carboxylic acids is 1. The summed E-state index contributed by atoms with van der Waals surface area (Å²) in [6.07, 6.45) is 6.13. The molecule has 6 nitrogen and oxygen atoms in total. The molecule has 3 aliphatic rings. The van der Waals surface area contributed by atoms with Crippen LogP contribution in [0.5, 0.6) is 0 Å². The van der Waals surface area contributed by atoms with E-state index in [-0.39, 0.29) is 12.5 Å². The highest BCUT2D eigenvalue weighted by Crippen LogP contribution is 2.40. The minimum atomic E-state index is -0.409. The Morgan fingerprint density at radius 2 is 1.86 bits per heavy atom. The number of amides is 1. The van der Waals surface area contributed by atoms with Crippen molar-refractivity contribution in [2.75, 3.05) is 26.3 Å². The van der Waals surface area contributed by atoms with Crippen LogP contribution in [0.25, 0.3) is 0 Å². The Balaban J connectivity index is 1.41. The van der Waals surface area contributed by atoms with E-state index >= 15 is 0 Å². The van der Waals surface area contributed by atoms with E-state index in [1.165, 1.54) is 19.3 Å². The van der Waals surface area contributed by atoms with Crippen molar-refractivity contribution in [3.05, 3.63) is 47.2 Å². The van der Waals surface area contributed by atoms with Crippen LogP contribution in [0.1, 0.15) is 36.8 Å². The number of benzene rings is 1. The van der Waals surface area contributed by atoms with Gasteiger partial charge < -0.3 is 24.2 Å². The molecule has 2 aliphatic heterocycles. The number of allylic oxidation sites excluding steroid dienone is 1. The summed E-state index contributed by atoms with van der Waals surface area (Å²) in [6, 6.07) is 7.69. The first-order valence-electron chi connectivity index (χ1n) is 10.3. The first-order valence-corrected chi connectivity index (χ1v) is 10.3. The van der Waals surface area contributed by atoms with Gasteiger partial charge in [0, 0.05) is 19.5 Å². The van der Waals surface area contributed by atoms with Crippen molar-refractivity contribution in [2.24, 2.45) is 11.8 Å². The maximum absolute atomic E-state index is 12.9. The predicted molar refractivity (Wildman–Crippen MR) is 103 cm³/mol. The van der Waals surface area contributed by atoms with E-state index in [1.807, 2.05) is 35.2 Å². The fraction of sp³-hybridized carbons (Fsp3) is 0.591. The van der Waals surface area contributed by atoms with Gasteiger partial charge in [0.15, 0.2) is 5.76 Å². The molecule has 1 N–H and O–H groups in total. The topological polar surface area (TPSA) is 68.2 Å². The molecular formula is C22H29NO5. The summed E-state index contributed by atoms with van der Waals surface area (Å²) in [5.74, 6) is 1.36. The lowest BCUT2D eigenvalue weighted by atomic mass is 9.73. The van der Waals surface area contributed by atoms with Gasteiger partial charge in [-0.25, -0.2) is 0 Å². The van der Waals surface area contributed by atoms with Crippen molar-refractivity contribution in [1.82, 2.24) is 4.90 Å². The highest BCUT2D eigenvalue weighted by atomic mass is 16.7. The Morgan fingerprint density at radius 1 is 1.14 bits per heavy atom. The molecule has 1 aromatic carbocycles. The Hall–Kier alpha value is -1.89. The van der Waals surface area contributed by atoms with Crippen molar-refractivity contribution in [1.29, 1.82) is 0 Å². The molecule has 0 radical (unpaired) electrons. The van der Waals surface area contributed by atoms with Crippen LogP contribution in [-0.4, -0.2) is 48.5 Å². The minimum Gasteiger partial charge on any atom is -0.459 e. The molecule has 0 bridgehead atoms. The maximum atomic E-state index is 12.9.